The highest BCUT2D eigenvalue weighted by molar-refractivity contribution is 5.78. The highest BCUT2D eigenvalue weighted by Gasteiger charge is 2.25. The fourth-order valence-corrected chi connectivity index (χ4v) is 1.63. The summed E-state index contributed by atoms with van der Waals surface area (Å²) in [5.74, 6) is 0.894. The highest BCUT2D eigenvalue weighted by Crippen LogP contribution is 2.16. The van der Waals surface area contributed by atoms with Crippen LogP contribution in [0.5, 0.6) is 0 Å². The van der Waals surface area contributed by atoms with Gasteiger partial charge in [-0.1, -0.05) is 6.92 Å². The van der Waals surface area contributed by atoms with Crippen molar-refractivity contribution in [1.29, 1.82) is 0 Å². The average molecular weight is 170 g/mol. The van der Waals surface area contributed by atoms with Gasteiger partial charge in [-0.2, -0.15) is 0 Å². The average Bonchev–Trinajstić information content (AvgIpc) is 2.31. The van der Waals surface area contributed by atoms with Crippen LogP contribution in [0.3, 0.4) is 0 Å². The summed E-state index contributed by atoms with van der Waals surface area (Å²) in [7, 11) is 1.94. The third-order valence-electron chi connectivity index (χ3n) is 2.26. The van der Waals surface area contributed by atoms with Crippen molar-refractivity contribution in [3.05, 3.63) is 0 Å². The van der Waals surface area contributed by atoms with Gasteiger partial charge in [-0.25, -0.2) is 0 Å². The zero-order chi connectivity index (χ0) is 8.97. The first-order valence-electron chi connectivity index (χ1n) is 4.66. The van der Waals surface area contributed by atoms with E-state index >= 15 is 0 Å². The fourth-order valence-electron chi connectivity index (χ4n) is 1.63. The molecule has 0 aromatic carbocycles. The van der Waals surface area contributed by atoms with Crippen LogP contribution in [0.15, 0.2) is 0 Å². The van der Waals surface area contributed by atoms with E-state index in [1.54, 1.807) is 0 Å². The Balaban J connectivity index is 2.19. The second kappa shape index (κ2) is 4.45. The fraction of sp³-hybridized carbons (Fsp3) is 0.889. The minimum absolute atomic E-state index is 0.332. The maximum Gasteiger partial charge on any atom is 0.222 e. The van der Waals surface area contributed by atoms with Crippen molar-refractivity contribution in [2.75, 3.05) is 26.7 Å². The summed E-state index contributed by atoms with van der Waals surface area (Å²) < 4.78 is 0. The van der Waals surface area contributed by atoms with Gasteiger partial charge in [0.05, 0.1) is 0 Å². The van der Waals surface area contributed by atoms with E-state index in [9.17, 15) is 4.79 Å². The number of carbonyl (C=O) groups is 1. The Morgan fingerprint density at radius 1 is 1.67 bits per heavy atom. The quantitative estimate of drug-likeness (QED) is 0.622. The first-order valence-corrected chi connectivity index (χ1v) is 4.66. The van der Waals surface area contributed by atoms with Crippen molar-refractivity contribution >= 4 is 5.91 Å². The summed E-state index contributed by atoms with van der Waals surface area (Å²) in [5.41, 5.74) is 0. The van der Waals surface area contributed by atoms with E-state index in [4.69, 9.17) is 0 Å². The monoisotopic (exact) mass is 170 g/mol. The first-order chi connectivity index (χ1) is 5.74. The van der Waals surface area contributed by atoms with E-state index in [2.05, 4.69) is 12.2 Å². The summed E-state index contributed by atoms with van der Waals surface area (Å²) in [6, 6.07) is 0. The number of rotatable bonds is 4. The lowest BCUT2D eigenvalue weighted by Gasteiger charge is -2.15. The second-order valence-corrected chi connectivity index (χ2v) is 3.61. The van der Waals surface area contributed by atoms with Gasteiger partial charge in [0, 0.05) is 19.5 Å². The Bertz CT molecular complexity index is 159. The molecule has 0 aromatic heterocycles. The van der Waals surface area contributed by atoms with Gasteiger partial charge in [-0.05, 0) is 25.9 Å². The third kappa shape index (κ3) is 2.48. The lowest BCUT2D eigenvalue weighted by Crippen LogP contribution is -2.28. The number of hydrogen-bond donors (Lipinski definition) is 1. The lowest BCUT2D eigenvalue weighted by molar-refractivity contribution is -0.127. The maximum absolute atomic E-state index is 11.3. The predicted molar refractivity (Wildman–Crippen MR) is 48.9 cm³/mol. The zero-order valence-electron chi connectivity index (χ0n) is 7.97. The van der Waals surface area contributed by atoms with Gasteiger partial charge >= 0.3 is 0 Å². The number of nitrogens with zero attached hydrogens (tertiary/aromatic N) is 1. The van der Waals surface area contributed by atoms with Crippen molar-refractivity contribution in [3.63, 3.8) is 0 Å². The van der Waals surface area contributed by atoms with E-state index < -0.39 is 0 Å². The van der Waals surface area contributed by atoms with E-state index in [0.29, 0.717) is 11.8 Å². The smallest absolute Gasteiger partial charge is 0.222 e. The van der Waals surface area contributed by atoms with Gasteiger partial charge in [-0.15, -0.1) is 0 Å². The van der Waals surface area contributed by atoms with Crippen molar-refractivity contribution < 1.29 is 4.79 Å². The summed E-state index contributed by atoms with van der Waals surface area (Å²) in [6.07, 6.45) is 1.81. The molecule has 12 heavy (non-hydrogen) atoms. The van der Waals surface area contributed by atoms with Gasteiger partial charge < -0.3 is 10.2 Å². The molecule has 1 saturated heterocycles. The van der Waals surface area contributed by atoms with Crippen LogP contribution in [-0.4, -0.2) is 37.5 Å². The van der Waals surface area contributed by atoms with Gasteiger partial charge in [0.15, 0.2) is 0 Å². The van der Waals surface area contributed by atoms with Crippen LogP contribution in [0.25, 0.3) is 0 Å². The Hall–Kier alpha value is -0.570. The predicted octanol–water partition coefficient (Wildman–Crippen LogP) is 0.464. The van der Waals surface area contributed by atoms with Crippen LogP contribution >= 0.6 is 0 Å². The van der Waals surface area contributed by atoms with E-state index in [1.807, 2.05) is 11.9 Å². The van der Waals surface area contributed by atoms with Crippen molar-refractivity contribution in [1.82, 2.24) is 10.2 Å². The summed E-state index contributed by atoms with van der Waals surface area (Å²) in [5, 5.41) is 3.08. The zero-order valence-corrected chi connectivity index (χ0v) is 7.97. The Morgan fingerprint density at radius 3 is 2.92 bits per heavy atom. The molecule has 0 bridgehead atoms. The molecule has 1 rings (SSSR count). The summed E-state index contributed by atoms with van der Waals surface area (Å²) >= 11 is 0. The van der Waals surface area contributed by atoms with Crippen molar-refractivity contribution in [3.8, 4) is 0 Å². The maximum atomic E-state index is 11.3. The van der Waals surface area contributed by atoms with Gasteiger partial charge in [0.2, 0.25) is 5.91 Å². The molecule has 1 aliphatic heterocycles. The number of carbonyl (C=O) groups excluding carboxylic acids is 1. The van der Waals surface area contributed by atoms with E-state index in [-0.39, 0.29) is 0 Å². The first kappa shape index (κ1) is 9.52. The summed E-state index contributed by atoms with van der Waals surface area (Å²) in [4.78, 5) is 13.3. The van der Waals surface area contributed by atoms with Gasteiger partial charge in [0.1, 0.15) is 0 Å². The standard InChI is InChI=1S/C9H18N2O/c1-8-6-9(12)11(7-8)5-3-4-10-2/h8,10H,3-7H2,1-2H3. The number of nitrogens with one attached hydrogen (secondary N) is 1. The van der Waals surface area contributed by atoms with Gasteiger partial charge in [-0.3, -0.25) is 4.79 Å². The molecule has 1 heterocycles. The molecule has 3 heteroatoms. The molecule has 0 saturated carbocycles. The van der Waals surface area contributed by atoms with E-state index in [1.165, 1.54) is 0 Å². The topological polar surface area (TPSA) is 32.3 Å². The third-order valence-corrected chi connectivity index (χ3v) is 2.26. The van der Waals surface area contributed by atoms with Crippen LogP contribution in [0.1, 0.15) is 19.8 Å². The molecule has 70 valence electrons. The molecule has 1 unspecified atom stereocenters. The highest BCUT2D eigenvalue weighted by atomic mass is 16.2. The molecule has 0 spiro atoms. The number of hydrogen-bond acceptors (Lipinski definition) is 2. The van der Waals surface area contributed by atoms with Crippen LogP contribution in [0.2, 0.25) is 0 Å². The lowest BCUT2D eigenvalue weighted by atomic mass is 10.2. The molecule has 0 aliphatic carbocycles. The van der Waals surface area contributed by atoms with Crippen LogP contribution < -0.4 is 5.32 Å². The van der Waals surface area contributed by atoms with E-state index in [0.717, 1.165) is 32.5 Å². The normalized spacial score (nSPS) is 23.7. The molecular formula is C9H18N2O. The largest absolute Gasteiger partial charge is 0.342 e. The molecule has 3 nitrogen and oxygen atoms in total. The van der Waals surface area contributed by atoms with Crippen LogP contribution in [0, 0.1) is 5.92 Å². The van der Waals surface area contributed by atoms with Crippen molar-refractivity contribution in [2.24, 2.45) is 5.92 Å². The summed E-state index contributed by atoms with van der Waals surface area (Å²) in [6.45, 7) is 5.01. The van der Waals surface area contributed by atoms with Crippen LogP contribution in [-0.2, 0) is 4.79 Å². The molecule has 0 aromatic rings. The minimum atomic E-state index is 0.332. The number of amides is 1. The molecule has 1 N–H and O–H groups in total. The Kier molecular flexibility index (Phi) is 3.53. The minimum Gasteiger partial charge on any atom is -0.342 e. The molecule has 1 amide bonds. The van der Waals surface area contributed by atoms with Crippen LogP contribution in [0.4, 0.5) is 0 Å². The Morgan fingerprint density at radius 2 is 2.42 bits per heavy atom. The molecule has 0 radical (unpaired) electrons. The Labute approximate surface area is 74.1 Å². The van der Waals surface area contributed by atoms with Crippen molar-refractivity contribution in [2.45, 2.75) is 19.8 Å². The molecule has 1 atom stereocenters. The SMILES string of the molecule is CNCCCN1CC(C)CC1=O. The molecule has 1 fully saturated rings. The molecule has 1 aliphatic rings. The number of likely N-dealkylation sites (tertiary alicyclic amines) is 1. The molecular weight excluding hydrogens is 152 g/mol. The van der Waals surface area contributed by atoms with Gasteiger partial charge in [0.25, 0.3) is 0 Å². The second-order valence-electron chi connectivity index (χ2n) is 3.61.